The molecule has 1 fully saturated rings. The van der Waals surface area contributed by atoms with Gasteiger partial charge in [-0.3, -0.25) is 4.79 Å². The number of ketones is 1. The number of rotatable bonds is 2. The predicted molar refractivity (Wildman–Crippen MR) is 81.4 cm³/mol. The molecule has 0 aromatic heterocycles. The normalized spacial score (nSPS) is 26.5. The summed E-state index contributed by atoms with van der Waals surface area (Å²) in [6, 6.07) is 17.6. The molecule has 0 amide bonds. The number of hydrogen-bond acceptors (Lipinski definition) is 3. The van der Waals surface area contributed by atoms with E-state index in [-0.39, 0.29) is 12.0 Å². The first-order chi connectivity index (χ1) is 10.2. The highest BCUT2D eigenvalue weighted by molar-refractivity contribution is 6.04. The van der Waals surface area contributed by atoms with Gasteiger partial charge < -0.3 is 9.64 Å². The van der Waals surface area contributed by atoms with Gasteiger partial charge in [0.15, 0.2) is 11.4 Å². The number of Topliss-reactive ketones (excluding diaryl/α,β-unsaturated/α-hetero) is 1. The number of hydrogen-bond donors (Lipinski definition) is 0. The Kier molecular flexibility index (Phi) is 2.66. The minimum Gasteiger partial charge on any atom is -0.349 e. The first-order valence-electron chi connectivity index (χ1n) is 7.32. The third kappa shape index (κ3) is 1.67. The molecule has 0 spiro atoms. The Balaban J connectivity index is 1.88. The molecule has 1 unspecified atom stereocenters. The number of anilines is 1. The number of carbonyl (C=O) groups is 1. The standard InChI is InChI=1S/C18H17NO2/c1-19-15-10-6-5-9-14(15)18(12-11-16(19)21-18)17(20)13-7-3-2-4-8-13/h2-10,16H,11-12H2,1H3/t16?,18-/m1/s1. The molecule has 3 nitrogen and oxygen atoms in total. The first-order valence-corrected chi connectivity index (χ1v) is 7.32. The second kappa shape index (κ2) is 4.43. The minimum absolute atomic E-state index is 0.00689. The molecule has 3 heteroatoms. The van der Waals surface area contributed by atoms with Crippen molar-refractivity contribution >= 4 is 11.5 Å². The van der Waals surface area contributed by atoms with E-state index in [9.17, 15) is 4.79 Å². The lowest BCUT2D eigenvalue weighted by Gasteiger charge is -2.40. The zero-order chi connectivity index (χ0) is 14.4. The summed E-state index contributed by atoms with van der Waals surface area (Å²) in [4.78, 5) is 15.2. The highest BCUT2D eigenvalue weighted by Gasteiger charge is 2.53. The van der Waals surface area contributed by atoms with Crippen molar-refractivity contribution in [2.75, 3.05) is 11.9 Å². The number of fused-ring (bicyclic) bond motifs is 4. The topological polar surface area (TPSA) is 29.5 Å². The molecule has 2 aliphatic heterocycles. The van der Waals surface area contributed by atoms with Crippen LogP contribution >= 0.6 is 0 Å². The molecule has 2 heterocycles. The third-order valence-electron chi connectivity index (χ3n) is 4.63. The quantitative estimate of drug-likeness (QED) is 0.790. The van der Waals surface area contributed by atoms with Gasteiger partial charge in [0.2, 0.25) is 0 Å². The fourth-order valence-electron chi connectivity index (χ4n) is 3.54. The summed E-state index contributed by atoms with van der Waals surface area (Å²) in [6.07, 6.45) is 1.61. The zero-order valence-electron chi connectivity index (χ0n) is 12.0. The summed E-state index contributed by atoms with van der Waals surface area (Å²) in [5.41, 5.74) is 2.01. The van der Waals surface area contributed by atoms with Crippen molar-refractivity contribution in [1.29, 1.82) is 0 Å². The van der Waals surface area contributed by atoms with Gasteiger partial charge in [-0.15, -0.1) is 0 Å². The molecule has 21 heavy (non-hydrogen) atoms. The lowest BCUT2D eigenvalue weighted by molar-refractivity contribution is -0.0339. The molecular formula is C18H17NO2. The van der Waals surface area contributed by atoms with Crippen LogP contribution in [-0.2, 0) is 10.3 Å². The lowest BCUT2D eigenvalue weighted by Crippen LogP contribution is -2.45. The van der Waals surface area contributed by atoms with E-state index in [1.807, 2.05) is 55.6 Å². The zero-order valence-corrected chi connectivity index (χ0v) is 12.0. The Morgan fingerprint density at radius 1 is 1.14 bits per heavy atom. The average molecular weight is 279 g/mol. The number of para-hydroxylation sites is 1. The average Bonchev–Trinajstić information content (AvgIpc) is 2.96. The van der Waals surface area contributed by atoms with Gasteiger partial charge in [-0.1, -0.05) is 48.5 Å². The van der Waals surface area contributed by atoms with E-state index >= 15 is 0 Å². The summed E-state index contributed by atoms with van der Waals surface area (Å²) in [5, 5.41) is 0. The van der Waals surface area contributed by atoms with Crippen LogP contribution in [0.1, 0.15) is 28.8 Å². The van der Waals surface area contributed by atoms with E-state index in [1.54, 1.807) is 0 Å². The third-order valence-corrected chi connectivity index (χ3v) is 4.63. The maximum Gasteiger partial charge on any atom is 0.199 e. The molecule has 2 atom stereocenters. The lowest BCUT2D eigenvalue weighted by atomic mass is 9.83. The summed E-state index contributed by atoms with van der Waals surface area (Å²) in [5.74, 6) is 0.0751. The van der Waals surface area contributed by atoms with Crippen LogP contribution in [0, 0.1) is 0 Å². The van der Waals surface area contributed by atoms with Crippen LogP contribution < -0.4 is 4.90 Å². The van der Waals surface area contributed by atoms with Crippen molar-refractivity contribution in [2.45, 2.75) is 24.7 Å². The fourth-order valence-corrected chi connectivity index (χ4v) is 3.54. The molecular weight excluding hydrogens is 262 g/mol. The van der Waals surface area contributed by atoms with E-state index in [0.717, 1.165) is 29.7 Å². The van der Waals surface area contributed by atoms with Gasteiger partial charge in [0, 0.05) is 23.9 Å². The van der Waals surface area contributed by atoms with E-state index in [2.05, 4.69) is 11.0 Å². The first kappa shape index (κ1) is 12.6. The van der Waals surface area contributed by atoms with Crippen molar-refractivity contribution in [1.82, 2.24) is 0 Å². The number of nitrogens with zero attached hydrogens (tertiary/aromatic N) is 1. The molecule has 2 aromatic rings. The van der Waals surface area contributed by atoms with Gasteiger partial charge in [0.25, 0.3) is 0 Å². The van der Waals surface area contributed by atoms with Crippen LogP contribution in [0.15, 0.2) is 54.6 Å². The molecule has 0 radical (unpaired) electrons. The second-order valence-electron chi connectivity index (χ2n) is 5.76. The van der Waals surface area contributed by atoms with Crippen molar-refractivity contribution in [3.8, 4) is 0 Å². The molecule has 2 aliphatic rings. The van der Waals surface area contributed by atoms with Crippen molar-refractivity contribution < 1.29 is 9.53 Å². The highest BCUT2D eigenvalue weighted by Crippen LogP contribution is 2.50. The van der Waals surface area contributed by atoms with E-state index in [0.29, 0.717) is 0 Å². The van der Waals surface area contributed by atoms with Crippen LogP contribution in [0.5, 0.6) is 0 Å². The molecule has 106 valence electrons. The van der Waals surface area contributed by atoms with Gasteiger partial charge in [0.1, 0.15) is 6.23 Å². The largest absolute Gasteiger partial charge is 0.349 e. The Morgan fingerprint density at radius 2 is 1.86 bits per heavy atom. The van der Waals surface area contributed by atoms with Gasteiger partial charge >= 0.3 is 0 Å². The number of benzene rings is 2. The van der Waals surface area contributed by atoms with Crippen LogP contribution in [0.25, 0.3) is 0 Å². The van der Waals surface area contributed by atoms with Gasteiger partial charge in [0.05, 0.1) is 0 Å². The summed E-state index contributed by atoms with van der Waals surface area (Å²) >= 11 is 0. The molecule has 4 rings (SSSR count). The van der Waals surface area contributed by atoms with E-state index in [4.69, 9.17) is 4.74 Å². The van der Waals surface area contributed by atoms with Crippen molar-refractivity contribution in [3.63, 3.8) is 0 Å². The molecule has 0 saturated carbocycles. The molecule has 0 aliphatic carbocycles. The Morgan fingerprint density at radius 3 is 2.67 bits per heavy atom. The SMILES string of the molecule is CN1c2ccccc2[C@@]2(C(=O)c3ccccc3)CCC1O2. The highest BCUT2D eigenvalue weighted by atomic mass is 16.5. The summed E-state index contributed by atoms with van der Waals surface area (Å²) in [7, 11) is 2.03. The van der Waals surface area contributed by atoms with E-state index in [1.165, 1.54) is 0 Å². The van der Waals surface area contributed by atoms with Crippen LogP contribution in [0.2, 0.25) is 0 Å². The minimum atomic E-state index is -0.810. The van der Waals surface area contributed by atoms with Crippen molar-refractivity contribution in [2.24, 2.45) is 0 Å². The van der Waals surface area contributed by atoms with Gasteiger partial charge in [-0.2, -0.15) is 0 Å². The Bertz CT molecular complexity index is 697. The predicted octanol–water partition coefficient (Wildman–Crippen LogP) is 3.35. The Hall–Kier alpha value is -2.13. The number of ether oxygens (including phenoxy) is 1. The molecule has 0 N–H and O–H groups in total. The summed E-state index contributed by atoms with van der Waals surface area (Å²) in [6.45, 7) is 0. The molecule has 2 aromatic carbocycles. The second-order valence-corrected chi connectivity index (χ2v) is 5.76. The van der Waals surface area contributed by atoms with Crippen molar-refractivity contribution in [3.05, 3.63) is 65.7 Å². The maximum atomic E-state index is 13.1. The fraction of sp³-hybridized carbons (Fsp3) is 0.278. The van der Waals surface area contributed by atoms with Gasteiger partial charge in [-0.25, -0.2) is 0 Å². The maximum absolute atomic E-state index is 13.1. The van der Waals surface area contributed by atoms with Crippen LogP contribution in [0.3, 0.4) is 0 Å². The van der Waals surface area contributed by atoms with Crippen LogP contribution in [-0.4, -0.2) is 19.1 Å². The smallest absolute Gasteiger partial charge is 0.199 e. The molecule has 2 bridgehead atoms. The monoisotopic (exact) mass is 279 g/mol. The van der Waals surface area contributed by atoms with E-state index < -0.39 is 5.60 Å². The molecule has 1 saturated heterocycles. The van der Waals surface area contributed by atoms with Crippen LogP contribution in [0.4, 0.5) is 5.69 Å². The Labute approximate surface area is 124 Å². The number of carbonyl (C=O) groups excluding carboxylic acids is 1. The van der Waals surface area contributed by atoms with Gasteiger partial charge in [-0.05, 0) is 18.9 Å². The summed E-state index contributed by atoms with van der Waals surface area (Å²) < 4.78 is 6.22.